The lowest BCUT2D eigenvalue weighted by atomic mass is 10.0. The van der Waals surface area contributed by atoms with Gasteiger partial charge in [0.25, 0.3) is 5.91 Å². The van der Waals surface area contributed by atoms with Crippen LogP contribution < -0.4 is 15.8 Å². The Morgan fingerprint density at radius 3 is 2.50 bits per heavy atom. The van der Waals surface area contributed by atoms with Gasteiger partial charge in [0.15, 0.2) is 23.1 Å². The molecule has 1 aliphatic rings. The number of rotatable bonds is 10. The summed E-state index contributed by atoms with van der Waals surface area (Å²) in [5.74, 6) is -4.38. The molecule has 194 valence electrons. The zero-order chi connectivity index (χ0) is 26.4. The smallest absolute Gasteiger partial charge is 0.344 e. The molecule has 0 aliphatic carbocycles. The van der Waals surface area contributed by atoms with E-state index in [0.717, 1.165) is 11.6 Å². The number of halogens is 3. The first kappa shape index (κ1) is 27.3. The molecule has 8 nitrogen and oxygen atoms in total. The van der Waals surface area contributed by atoms with Gasteiger partial charge < -0.3 is 25.8 Å². The van der Waals surface area contributed by atoms with E-state index in [4.69, 9.17) is 15.6 Å². The zero-order valence-electron chi connectivity index (χ0n) is 19.4. The first-order valence-corrected chi connectivity index (χ1v) is 12.2. The van der Waals surface area contributed by atoms with Crippen LogP contribution in [0.4, 0.5) is 13.2 Å². The summed E-state index contributed by atoms with van der Waals surface area (Å²) < 4.78 is 45.7. The number of carbonyl (C=O) groups excluding carboxylic acids is 2. The number of carbonyl (C=O) groups is 3. The number of carboxylic acids is 1. The predicted octanol–water partition coefficient (Wildman–Crippen LogP) is 2.43. The van der Waals surface area contributed by atoms with E-state index in [2.05, 4.69) is 5.32 Å². The summed E-state index contributed by atoms with van der Waals surface area (Å²) in [7, 11) is 0. The van der Waals surface area contributed by atoms with Gasteiger partial charge in [0.2, 0.25) is 5.91 Å². The summed E-state index contributed by atoms with van der Waals surface area (Å²) in [6.07, 6.45) is -1.36. The number of nitrogens with one attached hydrogen (secondary N) is 1. The topological polar surface area (TPSA) is 122 Å². The van der Waals surface area contributed by atoms with Crippen LogP contribution in [0.25, 0.3) is 0 Å². The van der Waals surface area contributed by atoms with E-state index in [9.17, 15) is 27.6 Å². The van der Waals surface area contributed by atoms with Crippen LogP contribution in [-0.4, -0.2) is 57.6 Å². The molecule has 3 atom stereocenters. The summed E-state index contributed by atoms with van der Waals surface area (Å²) in [5.41, 5.74) is 6.58. The van der Waals surface area contributed by atoms with E-state index in [1.165, 1.54) is 23.6 Å². The van der Waals surface area contributed by atoms with Crippen LogP contribution in [0, 0.1) is 17.5 Å². The minimum absolute atomic E-state index is 0.131. The summed E-state index contributed by atoms with van der Waals surface area (Å²) in [4.78, 5) is 37.8. The standard InChI is InChI=1S/C24H26F3N3O5S/c1-13(24(33)34)35-17-4-2-14(3-5-17)12-29-22(32)23-30(6-7-36-23)21(31)10-16(28)8-15-9-19(26)20(27)11-18(15)25/h2-5,9,11,13,16,23H,6-8,10,12,28H2,1H3,(H,29,32)(H,33,34)/t13?,16-,23?/m1/s1. The molecule has 3 rings (SSSR count). The molecule has 0 saturated carbocycles. The number of hydrogen-bond acceptors (Lipinski definition) is 6. The molecule has 0 radical (unpaired) electrons. The van der Waals surface area contributed by atoms with Gasteiger partial charge in [-0.3, -0.25) is 9.59 Å². The predicted molar refractivity (Wildman–Crippen MR) is 127 cm³/mol. The fraction of sp³-hybridized carbons (Fsp3) is 0.375. The zero-order valence-corrected chi connectivity index (χ0v) is 20.2. The molecule has 2 aromatic carbocycles. The molecule has 1 heterocycles. The lowest BCUT2D eigenvalue weighted by molar-refractivity contribution is -0.144. The fourth-order valence-corrected chi connectivity index (χ4v) is 4.74. The van der Waals surface area contributed by atoms with Crippen LogP contribution in [-0.2, 0) is 27.3 Å². The van der Waals surface area contributed by atoms with E-state index in [-0.39, 0.29) is 30.9 Å². The van der Waals surface area contributed by atoms with Gasteiger partial charge in [0.05, 0.1) is 0 Å². The third-order valence-electron chi connectivity index (χ3n) is 5.49. The third kappa shape index (κ3) is 7.14. The number of benzene rings is 2. The number of aliphatic carboxylic acids is 1. The first-order valence-electron chi connectivity index (χ1n) is 11.1. The van der Waals surface area contributed by atoms with Gasteiger partial charge in [-0.1, -0.05) is 12.1 Å². The normalized spacial score (nSPS) is 16.9. The lowest BCUT2D eigenvalue weighted by Crippen LogP contribution is -2.46. The Hall–Kier alpha value is -3.25. The number of nitrogens with two attached hydrogens (primary N) is 1. The third-order valence-corrected chi connectivity index (χ3v) is 6.70. The lowest BCUT2D eigenvalue weighted by Gasteiger charge is -2.24. The van der Waals surface area contributed by atoms with Gasteiger partial charge in [-0.25, -0.2) is 18.0 Å². The monoisotopic (exact) mass is 525 g/mol. The van der Waals surface area contributed by atoms with Gasteiger partial charge in [-0.2, -0.15) is 0 Å². The van der Waals surface area contributed by atoms with Crippen LogP contribution in [0.1, 0.15) is 24.5 Å². The second-order valence-electron chi connectivity index (χ2n) is 8.30. The number of nitrogens with zero attached hydrogens (tertiary/aromatic N) is 1. The molecule has 36 heavy (non-hydrogen) atoms. The molecule has 0 bridgehead atoms. The molecule has 0 spiro atoms. The second-order valence-corrected chi connectivity index (χ2v) is 9.48. The highest BCUT2D eigenvalue weighted by Crippen LogP contribution is 2.25. The fourth-order valence-electron chi connectivity index (χ4n) is 3.58. The first-order chi connectivity index (χ1) is 17.0. The number of carboxylic acid groups (broad SMARTS) is 1. The van der Waals surface area contributed by atoms with Crippen molar-refractivity contribution in [2.45, 2.75) is 43.8 Å². The summed E-state index contributed by atoms with van der Waals surface area (Å²) in [6.45, 7) is 1.93. The van der Waals surface area contributed by atoms with Crippen molar-refractivity contribution in [3.05, 3.63) is 65.0 Å². The highest BCUT2D eigenvalue weighted by atomic mass is 32.2. The Bertz CT molecular complexity index is 1120. The van der Waals surface area contributed by atoms with Gasteiger partial charge in [-0.05, 0) is 42.7 Å². The van der Waals surface area contributed by atoms with Crippen molar-refractivity contribution in [1.29, 1.82) is 0 Å². The molecule has 2 amide bonds. The van der Waals surface area contributed by atoms with Gasteiger partial charge in [0, 0.05) is 37.4 Å². The maximum absolute atomic E-state index is 13.9. The Kier molecular flexibility index (Phi) is 9.21. The number of hydrogen-bond donors (Lipinski definition) is 3. The van der Waals surface area contributed by atoms with Crippen molar-refractivity contribution in [3.8, 4) is 5.75 Å². The van der Waals surface area contributed by atoms with Gasteiger partial charge in [-0.15, -0.1) is 11.8 Å². The van der Waals surface area contributed by atoms with E-state index in [0.29, 0.717) is 24.1 Å². The summed E-state index contributed by atoms with van der Waals surface area (Å²) >= 11 is 1.30. The van der Waals surface area contributed by atoms with Gasteiger partial charge in [0.1, 0.15) is 11.6 Å². The van der Waals surface area contributed by atoms with Crippen LogP contribution in [0.2, 0.25) is 0 Å². The summed E-state index contributed by atoms with van der Waals surface area (Å²) in [6, 6.07) is 6.87. The minimum Gasteiger partial charge on any atom is -0.479 e. The molecule has 4 N–H and O–H groups in total. The SMILES string of the molecule is CC(Oc1ccc(CNC(=O)C2SCCN2C(=O)C[C@H](N)Cc2cc(F)c(F)cc2F)cc1)C(=O)O. The maximum Gasteiger partial charge on any atom is 0.344 e. The van der Waals surface area contributed by atoms with Crippen molar-refractivity contribution in [3.63, 3.8) is 0 Å². The Morgan fingerprint density at radius 1 is 1.17 bits per heavy atom. The van der Waals surface area contributed by atoms with E-state index < -0.39 is 46.8 Å². The van der Waals surface area contributed by atoms with Crippen LogP contribution >= 0.6 is 11.8 Å². The molecule has 12 heteroatoms. The highest BCUT2D eigenvalue weighted by molar-refractivity contribution is 8.00. The van der Waals surface area contributed by atoms with Crippen LogP contribution in [0.3, 0.4) is 0 Å². The minimum atomic E-state index is -1.30. The molecule has 2 unspecified atom stereocenters. The molecule has 2 aromatic rings. The van der Waals surface area contributed by atoms with E-state index in [1.807, 2.05) is 0 Å². The average molecular weight is 526 g/mol. The molecule has 0 aromatic heterocycles. The average Bonchev–Trinajstić information content (AvgIpc) is 3.32. The summed E-state index contributed by atoms with van der Waals surface area (Å²) in [5, 5.41) is 10.9. The Balaban J connectivity index is 1.52. The van der Waals surface area contributed by atoms with Crippen molar-refractivity contribution in [1.82, 2.24) is 10.2 Å². The second kappa shape index (κ2) is 12.1. The number of thioether (sulfide) groups is 1. The van der Waals surface area contributed by atoms with E-state index in [1.54, 1.807) is 24.3 Å². The molecule has 1 saturated heterocycles. The Labute approximate surface area is 210 Å². The number of amides is 2. The largest absolute Gasteiger partial charge is 0.479 e. The van der Waals surface area contributed by atoms with Crippen LogP contribution in [0.5, 0.6) is 5.75 Å². The molecule has 1 aliphatic heterocycles. The maximum atomic E-state index is 13.9. The molecule has 1 fully saturated rings. The van der Waals surface area contributed by atoms with E-state index >= 15 is 0 Å². The molecular weight excluding hydrogens is 499 g/mol. The van der Waals surface area contributed by atoms with Crippen molar-refractivity contribution in [2.24, 2.45) is 5.73 Å². The quantitative estimate of drug-likeness (QED) is 0.408. The van der Waals surface area contributed by atoms with Crippen molar-refractivity contribution in [2.75, 3.05) is 12.3 Å². The number of ether oxygens (including phenoxy) is 1. The highest BCUT2D eigenvalue weighted by Gasteiger charge is 2.35. The van der Waals surface area contributed by atoms with Crippen LogP contribution in [0.15, 0.2) is 36.4 Å². The Morgan fingerprint density at radius 2 is 1.83 bits per heavy atom. The van der Waals surface area contributed by atoms with Gasteiger partial charge >= 0.3 is 5.97 Å². The van der Waals surface area contributed by atoms with Crippen molar-refractivity contribution < 1.29 is 37.4 Å². The molecular formula is C24H26F3N3O5S. The van der Waals surface area contributed by atoms with Crippen molar-refractivity contribution >= 4 is 29.5 Å².